The van der Waals surface area contributed by atoms with Crippen LogP contribution in [0.4, 0.5) is 0 Å². The molecule has 0 aromatic carbocycles. The van der Waals surface area contributed by atoms with Gasteiger partial charge in [0.25, 0.3) is 0 Å². The van der Waals surface area contributed by atoms with E-state index in [2.05, 4.69) is 25.3 Å². The average Bonchev–Trinajstić information content (AvgIpc) is 1.85. The lowest BCUT2D eigenvalue weighted by Gasteiger charge is -2.16. The van der Waals surface area contributed by atoms with Crippen molar-refractivity contribution < 1.29 is 10.2 Å². The maximum atomic E-state index is 9.20. The zero-order chi connectivity index (χ0) is 8.15. The monoisotopic (exact) mass is 182 g/mol. The molecule has 3 atom stereocenters. The molecule has 0 saturated carbocycles. The molecule has 62 valence electrons. The SMILES string of the molecule is CC(S)CC(O)C(S)CO. The predicted octanol–water partition coefficient (Wildman–Crippen LogP) is 0.346. The van der Waals surface area contributed by atoms with Crippen LogP contribution in [0.1, 0.15) is 13.3 Å². The second-order valence-electron chi connectivity index (χ2n) is 2.40. The van der Waals surface area contributed by atoms with Gasteiger partial charge in [-0.25, -0.2) is 0 Å². The van der Waals surface area contributed by atoms with Crippen LogP contribution in [0.5, 0.6) is 0 Å². The van der Waals surface area contributed by atoms with Crippen molar-refractivity contribution in [3.63, 3.8) is 0 Å². The Hall–Kier alpha value is 0.620. The van der Waals surface area contributed by atoms with E-state index < -0.39 is 6.10 Å². The largest absolute Gasteiger partial charge is 0.395 e. The Kier molecular flexibility index (Phi) is 5.62. The molecule has 0 bridgehead atoms. The van der Waals surface area contributed by atoms with Crippen LogP contribution in [0, 0.1) is 0 Å². The van der Waals surface area contributed by atoms with Crippen LogP contribution < -0.4 is 0 Å². The summed E-state index contributed by atoms with van der Waals surface area (Å²) in [7, 11) is 0. The number of hydrogen-bond donors (Lipinski definition) is 4. The van der Waals surface area contributed by atoms with Crippen LogP contribution in [0.2, 0.25) is 0 Å². The van der Waals surface area contributed by atoms with Gasteiger partial charge < -0.3 is 10.2 Å². The Balaban J connectivity index is 3.50. The van der Waals surface area contributed by atoms with E-state index in [1.54, 1.807) is 0 Å². The summed E-state index contributed by atoms with van der Waals surface area (Å²) in [4.78, 5) is 0. The second kappa shape index (κ2) is 5.29. The Labute approximate surface area is 72.5 Å². The van der Waals surface area contributed by atoms with Crippen molar-refractivity contribution >= 4 is 25.3 Å². The van der Waals surface area contributed by atoms with Crippen molar-refractivity contribution in [2.75, 3.05) is 6.61 Å². The summed E-state index contributed by atoms with van der Waals surface area (Å²) in [5.74, 6) is 0. The molecule has 3 unspecified atom stereocenters. The molecule has 10 heavy (non-hydrogen) atoms. The summed E-state index contributed by atoms with van der Waals surface area (Å²) in [6.07, 6.45) is 0.0125. The Morgan fingerprint density at radius 3 is 2.20 bits per heavy atom. The minimum atomic E-state index is -0.555. The van der Waals surface area contributed by atoms with Crippen molar-refractivity contribution in [2.45, 2.75) is 29.9 Å². The quantitative estimate of drug-likeness (QED) is 0.474. The molecule has 0 spiro atoms. The van der Waals surface area contributed by atoms with Gasteiger partial charge in [-0.1, -0.05) is 6.92 Å². The fourth-order valence-corrected chi connectivity index (χ4v) is 0.966. The zero-order valence-corrected chi connectivity index (χ0v) is 7.72. The molecule has 0 aliphatic heterocycles. The first-order chi connectivity index (χ1) is 4.57. The zero-order valence-electron chi connectivity index (χ0n) is 5.94. The lowest BCUT2D eigenvalue weighted by Crippen LogP contribution is -2.26. The number of rotatable bonds is 4. The van der Waals surface area contributed by atoms with E-state index in [0.29, 0.717) is 6.42 Å². The smallest absolute Gasteiger partial charge is 0.0688 e. The first-order valence-electron chi connectivity index (χ1n) is 3.23. The molecule has 0 aromatic heterocycles. The van der Waals surface area contributed by atoms with Gasteiger partial charge in [-0.05, 0) is 6.42 Å². The summed E-state index contributed by atoms with van der Waals surface area (Å²) in [5.41, 5.74) is 0. The molecule has 2 N–H and O–H groups in total. The minimum absolute atomic E-state index is 0.0925. The third-order valence-corrected chi connectivity index (χ3v) is 1.93. The molecule has 0 radical (unpaired) electrons. The second-order valence-corrected chi connectivity index (χ2v) is 3.95. The van der Waals surface area contributed by atoms with Crippen LogP contribution in [0.3, 0.4) is 0 Å². The summed E-state index contributed by atoms with van der Waals surface area (Å²) in [5, 5.41) is 17.6. The maximum Gasteiger partial charge on any atom is 0.0688 e. The highest BCUT2D eigenvalue weighted by Gasteiger charge is 2.15. The highest BCUT2D eigenvalue weighted by molar-refractivity contribution is 7.81. The van der Waals surface area contributed by atoms with Gasteiger partial charge in [-0.3, -0.25) is 0 Å². The highest BCUT2D eigenvalue weighted by Crippen LogP contribution is 2.10. The third kappa shape index (κ3) is 4.44. The average molecular weight is 182 g/mol. The number of aliphatic hydroxyl groups excluding tert-OH is 2. The summed E-state index contributed by atoms with van der Waals surface area (Å²) < 4.78 is 0. The molecule has 0 fully saturated rings. The molecule has 0 aliphatic rings. The Morgan fingerprint density at radius 2 is 1.90 bits per heavy atom. The van der Waals surface area contributed by atoms with Crippen molar-refractivity contribution in [3.05, 3.63) is 0 Å². The van der Waals surface area contributed by atoms with E-state index in [1.807, 2.05) is 6.92 Å². The molecule has 0 heterocycles. The molecule has 0 rings (SSSR count). The fraction of sp³-hybridized carbons (Fsp3) is 1.00. The van der Waals surface area contributed by atoms with Gasteiger partial charge in [-0.15, -0.1) is 0 Å². The van der Waals surface area contributed by atoms with E-state index >= 15 is 0 Å². The molecule has 4 heteroatoms. The van der Waals surface area contributed by atoms with Gasteiger partial charge in [-0.2, -0.15) is 25.3 Å². The summed E-state index contributed by atoms with van der Waals surface area (Å²) in [6.45, 7) is 1.80. The van der Waals surface area contributed by atoms with Gasteiger partial charge in [0.2, 0.25) is 0 Å². The molecule has 0 aromatic rings. The number of hydrogen-bond acceptors (Lipinski definition) is 4. The van der Waals surface area contributed by atoms with Gasteiger partial charge in [0.1, 0.15) is 0 Å². The van der Waals surface area contributed by atoms with Gasteiger partial charge >= 0.3 is 0 Å². The maximum absolute atomic E-state index is 9.20. The molecular weight excluding hydrogens is 168 g/mol. The van der Waals surface area contributed by atoms with Crippen molar-refractivity contribution in [2.24, 2.45) is 0 Å². The normalized spacial score (nSPS) is 20.1. The lowest BCUT2D eigenvalue weighted by atomic mass is 10.1. The Bertz CT molecular complexity index is 87.8. The van der Waals surface area contributed by atoms with Crippen molar-refractivity contribution in [1.82, 2.24) is 0 Å². The lowest BCUT2D eigenvalue weighted by molar-refractivity contribution is 0.134. The van der Waals surface area contributed by atoms with Gasteiger partial charge in [0.05, 0.1) is 18.0 Å². The van der Waals surface area contributed by atoms with Gasteiger partial charge in [0.15, 0.2) is 0 Å². The first-order valence-corrected chi connectivity index (χ1v) is 4.26. The molecular formula is C6H14O2S2. The Morgan fingerprint density at radius 1 is 1.40 bits per heavy atom. The summed E-state index contributed by atoms with van der Waals surface area (Å²) in [6, 6.07) is 0. The van der Waals surface area contributed by atoms with E-state index in [4.69, 9.17) is 5.11 Å². The van der Waals surface area contributed by atoms with E-state index in [-0.39, 0.29) is 17.1 Å². The predicted molar refractivity (Wildman–Crippen MR) is 48.9 cm³/mol. The number of aliphatic hydroxyl groups is 2. The topological polar surface area (TPSA) is 40.5 Å². The fourth-order valence-electron chi connectivity index (χ4n) is 0.628. The van der Waals surface area contributed by atoms with Crippen molar-refractivity contribution in [1.29, 1.82) is 0 Å². The molecule has 0 aliphatic carbocycles. The van der Waals surface area contributed by atoms with E-state index in [1.165, 1.54) is 0 Å². The van der Waals surface area contributed by atoms with Gasteiger partial charge in [0, 0.05) is 5.25 Å². The van der Waals surface area contributed by atoms with Crippen LogP contribution in [-0.2, 0) is 0 Å². The van der Waals surface area contributed by atoms with Crippen LogP contribution in [-0.4, -0.2) is 33.4 Å². The van der Waals surface area contributed by atoms with Crippen LogP contribution in [0.25, 0.3) is 0 Å². The first kappa shape index (κ1) is 10.6. The highest BCUT2D eigenvalue weighted by atomic mass is 32.1. The third-order valence-electron chi connectivity index (χ3n) is 1.21. The number of thiol groups is 2. The molecule has 0 amide bonds. The van der Waals surface area contributed by atoms with Crippen molar-refractivity contribution in [3.8, 4) is 0 Å². The minimum Gasteiger partial charge on any atom is -0.395 e. The van der Waals surface area contributed by atoms with Crippen LogP contribution in [0.15, 0.2) is 0 Å². The molecule has 0 saturated heterocycles. The molecule has 2 nitrogen and oxygen atoms in total. The van der Waals surface area contributed by atoms with Crippen LogP contribution >= 0.6 is 25.3 Å². The van der Waals surface area contributed by atoms with E-state index in [9.17, 15) is 5.11 Å². The summed E-state index contributed by atoms with van der Waals surface area (Å²) >= 11 is 8.06. The standard InChI is InChI=1S/C6H14O2S2/c1-4(9)2-5(8)6(10)3-7/h4-10H,2-3H2,1H3. The van der Waals surface area contributed by atoms with E-state index in [0.717, 1.165) is 0 Å².